The van der Waals surface area contributed by atoms with Crippen molar-refractivity contribution in [3.8, 4) is 11.3 Å². The van der Waals surface area contributed by atoms with Gasteiger partial charge in [-0.25, -0.2) is 4.68 Å². The minimum absolute atomic E-state index is 0.143. The minimum atomic E-state index is -0.143. The van der Waals surface area contributed by atoms with Crippen LogP contribution in [0, 0.1) is 6.92 Å². The van der Waals surface area contributed by atoms with Gasteiger partial charge in [0.05, 0.1) is 11.6 Å². The molecule has 0 aliphatic heterocycles. The average Bonchev–Trinajstić information content (AvgIpc) is 2.33. The predicted octanol–water partition coefficient (Wildman–Crippen LogP) is 2.49. The highest BCUT2D eigenvalue weighted by molar-refractivity contribution is 6.17. The van der Waals surface area contributed by atoms with Crippen LogP contribution >= 0.6 is 11.6 Å². The normalized spacial score (nSPS) is 10.5. The zero-order chi connectivity index (χ0) is 12.4. The summed E-state index contributed by atoms with van der Waals surface area (Å²) >= 11 is 5.75. The molecule has 0 amide bonds. The lowest BCUT2D eigenvalue weighted by Gasteiger charge is -2.06. The number of benzene rings is 1. The Labute approximate surface area is 105 Å². The van der Waals surface area contributed by atoms with Gasteiger partial charge in [-0.1, -0.05) is 29.8 Å². The number of aryl methyl sites for hydroxylation is 2. The third kappa shape index (κ3) is 2.39. The standard InChI is InChI=1S/C13H13ClN2O/c1-9-3-5-10(6-4-9)12-7-11(8-14)13(17)16(2)15-12/h3-7H,8H2,1-2H3. The van der Waals surface area contributed by atoms with Crippen LogP contribution < -0.4 is 5.56 Å². The van der Waals surface area contributed by atoms with Gasteiger partial charge < -0.3 is 0 Å². The van der Waals surface area contributed by atoms with E-state index in [9.17, 15) is 4.79 Å². The first-order valence-electron chi connectivity index (χ1n) is 5.32. The van der Waals surface area contributed by atoms with Crippen LogP contribution in [0.25, 0.3) is 11.3 Å². The van der Waals surface area contributed by atoms with Crippen molar-refractivity contribution in [1.82, 2.24) is 9.78 Å². The quantitative estimate of drug-likeness (QED) is 0.766. The van der Waals surface area contributed by atoms with Gasteiger partial charge in [-0.15, -0.1) is 11.6 Å². The molecule has 0 N–H and O–H groups in total. The molecule has 0 radical (unpaired) electrons. The molecule has 0 atom stereocenters. The molecule has 1 aromatic carbocycles. The molecule has 3 nitrogen and oxygen atoms in total. The molecule has 0 saturated heterocycles. The average molecular weight is 249 g/mol. The number of hydrogen-bond acceptors (Lipinski definition) is 2. The lowest BCUT2D eigenvalue weighted by Crippen LogP contribution is -2.23. The van der Waals surface area contributed by atoms with E-state index >= 15 is 0 Å². The highest BCUT2D eigenvalue weighted by atomic mass is 35.5. The first-order valence-corrected chi connectivity index (χ1v) is 5.85. The van der Waals surface area contributed by atoms with Gasteiger partial charge in [-0.3, -0.25) is 4.79 Å². The van der Waals surface area contributed by atoms with E-state index in [1.54, 1.807) is 13.1 Å². The monoisotopic (exact) mass is 248 g/mol. The summed E-state index contributed by atoms with van der Waals surface area (Å²) in [7, 11) is 1.63. The molecular weight excluding hydrogens is 236 g/mol. The zero-order valence-corrected chi connectivity index (χ0v) is 10.5. The summed E-state index contributed by atoms with van der Waals surface area (Å²) < 4.78 is 1.33. The lowest BCUT2D eigenvalue weighted by atomic mass is 10.1. The van der Waals surface area contributed by atoms with Crippen molar-refractivity contribution in [2.45, 2.75) is 12.8 Å². The Bertz CT molecular complexity index is 587. The maximum absolute atomic E-state index is 11.7. The van der Waals surface area contributed by atoms with Crippen LogP contribution in [0.3, 0.4) is 0 Å². The minimum Gasteiger partial charge on any atom is -0.267 e. The number of aromatic nitrogens is 2. The second-order valence-corrected chi connectivity index (χ2v) is 4.25. The van der Waals surface area contributed by atoms with E-state index < -0.39 is 0 Å². The molecule has 1 aromatic heterocycles. The van der Waals surface area contributed by atoms with E-state index in [1.807, 2.05) is 31.2 Å². The number of rotatable bonds is 2. The molecule has 0 unspecified atom stereocenters. The summed E-state index contributed by atoms with van der Waals surface area (Å²) in [5.41, 5.74) is 3.37. The van der Waals surface area contributed by atoms with Crippen molar-refractivity contribution in [3.63, 3.8) is 0 Å². The number of hydrogen-bond donors (Lipinski definition) is 0. The number of halogens is 1. The Hall–Kier alpha value is -1.61. The summed E-state index contributed by atoms with van der Waals surface area (Å²) in [5.74, 6) is 0.202. The maximum Gasteiger partial charge on any atom is 0.270 e. The Morgan fingerprint density at radius 3 is 2.53 bits per heavy atom. The Balaban J connectivity index is 2.56. The SMILES string of the molecule is Cc1ccc(-c2cc(CCl)c(=O)n(C)n2)cc1. The van der Waals surface area contributed by atoms with Crippen LogP contribution in [0.1, 0.15) is 11.1 Å². The molecule has 0 fully saturated rings. The summed E-state index contributed by atoms with van der Waals surface area (Å²) in [4.78, 5) is 11.7. The van der Waals surface area contributed by atoms with E-state index in [4.69, 9.17) is 11.6 Å². The van der Waals surface area contributed by atoms with Crippen LogP contribution in [0.4, 0.5) is 0 Å². The van der Waals surface area contributed by atoms with Crippen molar-refractivity contribution >= 4 is 11.6 Å². The van der Waals surface area contributed by atoms with E-state index in [0.717, 1.165) is 11.3 Å². The van der Waals surface area contributed by atoms with Crippen LogP contribution in [0.15, 0.2) is 35.1 Å². The van der Waals surface area contributed by atoms with Gasteiger partial charge in [-0.2, -0.15) is 5.10 Å². The zero-order valence-electron chi connectivity index (χ0n) is 9.77. The smallest absolute Gasteiger partial charge is 0.267 e. The highest BCUT2D eigenvalue weighted by Crippen LogP contribution is 2.17. The van der Waals surface area contributed by atoms with E-state index in [1.165, 1.54) is 10.2 Å². The fourth-order valence-corrected chi connectivity index (χ4v) is 1.82. The Kier molecular flexibility index (Phi) is 3.29. The second kappa shape index (κ2) is 4.72. The fraction of sp³-hybridized carbons (Fsp3) is 0.231. The maximum atomic E-state index is 11.7. The molecule has 17 heavy (non-hydrogen) atoms. The molecule has 0 aliphatic rings. The Morgan fingerprint density at radius 1 is 1.29 bits per heavy atom. The summed E-state index contributed by atoms with van der Waals surface area (Å²) in [6.07, 6.45) is 0. The van der Waals surface area contributed by atoms with Crippen LogP contribution in [-0.4, -0.2) is 9.78 Å². The molecule has 0 bridgehead atoms. The van der Waals surface area contributed by atoms with Crippen LogP contribution in [-0.2, 0) is 12.9 Å². The summed E-state index contributed by atoms with van der Waals surface area (Å²) in [5, 5.41) is 4.23. The first-order chi connectivity index (χ1) is 8.11. The van der Waals surface area contributed by atoms with Crippen molar-refractivity contribution in [2.24, 2.45) is 7.05 Å². The van der Waals surface area contributed by atoms with E-state index in [2.05, 4.69) is 5.10 Å². The van der Waals surface area contributed by atoms with Gasteiger partial charge in [0.1, 0.15) is 0 Å². The second-order valence-electron chi connectivity index (χ2n) is 3.98. The van der Waals surface area contributed by atoms with Gasteiger partial charge >= 0.3 is 0 Å². The molecule has 88 valence electrons. The van der Waals surface area contributed by atoms with Crippen molar-refractivity contribution in [1.29, 1.82) is 0 Å². The van der Waals surface area contributed by atoms with Crippen LogP contribution in [0.2, 0.25) is 0 Å². The molecule has 0 saturated carbocycles. The fourth-order valence-electron chi connectivity index (χ4n) is 1.63. The topological polar surface area (TPSA) is 34.9 Å². The lowest BCUT2D eigenvalue weighted by molar-refractivity contribution is 0.704. The van der Waals surface area contributed by atoms with Gasteiger partial charge in [0.15, 0.2) is 0 Å². The van der Waals surface area contributed by atoms with Crippen molar-refractivity contribution < 1.29 is 0 Å². The molecule has 2 aromatic rings. The largest absolute Gasteiger partial charge is 0.270 e. The molecule has 2 rings (SSSR count). The van der Waals surface area contributed by atoms with Gasteiger partial charge in [-0.05, 0) is 13.0 Å². The summed E-state index contributed by atoms with van der Waals surface area (Å²) in [6, 6.07) is 9.76. The van der Waals surface area contributed by atoms with Gasteiger partial charge in [0.25, 0.3) is 5.56 Å². The third-order valence-corrected chi connectivity index (χ3v) is 2.92. The molecule has 0 spiro atoms. The van der Waals surface area contributed by atoms with Crippen LogP contribution in [0.5, 0.6) is 0 Å². The van der Waals surface area contributed by atoms with Crippen molar-refractivity contribution in [2.75, 3.05) is 0 Å². The van der Waals surface area contributed by atoms with E-state index in [-0.39, 0.29) is 11.4 Å². The Morgan fingerprint density at radius 2 is 1.94 bits per heavy atom. The number of alkyl halides is 1. The highest BCUT2D eigenvalue weighted by Gasteiger charge is 2.06. The predicted molar refractivity (Wildman–Crippen MR) is 69.2 cm³/mol. The molecule has 4 heteroatoms. The number of nitrogens with zero attached hydrogens (tertiary/aromatic N) is 2. The van der Waals surface area contributed by atoms with Gasteiger partial charge in [0, 0.05) is 18.2 Å². The first kappa shape index (κ1) is 11.9. The van der Waals surface area contributed by atoms with E-state index in [0.29, 0.717) is 5.56 Å². The molecule has 0 aliphatic carbocycles. The van der Waals surface area contributed by atoms with Crippen molar-refractivity contribution in [3.05, 3.63) is 51.8 Å². The summed E-state index contributed by atoms with van der Waals surface area (Å²) in [6.45, 7) is 2.03. The van der Waals surface area contributed by atoms with Gasteiger partial charge in [0.2, 0.25) is 0 Å². The third-order valence-electron chi connectivity index (χ3n) is 2.63. The molecule has 1 heterocycles. The molecular formula is C13H13ClN2O.